The average Bonchev–Trinajstić information content (AvgIpc) is 3.20. The van der Waals surface area contributed by atoms with Crippen molar-refractivity contribution >= 4 is 28.3 Å². The van der Waals surface area contributed by atoms with Crippen molar-refractivity contribution in [2.24, 2.45) is 11.8 Å². The van der Waals surface area contributed by atoms with E-state index in [0.29, 0.717) is 10.1 Å². The van der Waals surface area contributed by atoms with Gasteiger partial charge in [-0.3, -0.25) is 14.9 Å². The van der Waals surface area contributed by atoms with Crippen LogP contribution in [-0.4, -0.2) is 28.1 Å². The molecule has 0 bridgehead atoms. The number of rotatable bonds is 11. The largest absolute Gasteiger partial charge is 0.344 e. The van der Waals surface area contributed by atoms with E-state index in [9.17, 15) is 14.0 Å². The molecule has 1 heterocycles. The first kappa shape index (κ1) is 23.9. The molecular weight excluding hydrogens is 403 g/mol. The molecule has 0 saturated heterocycles. The molecule has 0 aliphatic heterocycles. The van der Waals surface area contributed by atoms with Gasteiger partial charge >= 0.3 is 0 Å². The van der Waals surface area contributed by atoms with E-state index in [4.69, 9.17) is 0 Å². The summed E-state index contributed by atoms with van der Waals surface area (Å²) in [7, 11) is 0. The minimum absolute atomic E-state index is 0.0258. The van der Waals surface area contributed by atoms with Gasteiger partial charge in [0.05, 0.1) is 0 Å². The van der Waals surface area contributed by atoms with Crippen LogP contribution in [0, 0.1) is 17.7 Å². The van der Waals surface area contributed by atoms with E-state index in [1.54, 1.807) is 12.1 Å². The third kappa shape index (κ3) is 6.58. The second-order valence-electron chi connectivity index (χ2n) is 7.53. The third-order valence-corrected chi connectivity index (χ3v) is 6.20. The van der Waals surface area contributed by atoms with Crippen LogP contribution in [0.25, 0.3) is 10.6 Å². The number of anilines is 1. The number of halogens is 1. The van der Waals surface area contributed by atoms with Crippen molar-refractivity contribution in [1.29, 1.82) is 0 Å². The second-order valence-corrected chi connectivity index (χ2v) is 8.51. The lowest BCUT2D eigenvalue weighted by atomic mass is 9.94. The van der Waals surface area contributed by atoms with Gasteiger partial charge in [-0.1, -0.05) is 58.3 Å². The smallest absolute Gasteiger partial charge is 0.249 e. The van der Waals surface area contributed by atoms with Gasteiger partial charge in [0.25, 0.3) is 0 Å². The summed E-state index contributed by atoms with van der Waals surface area (Å²) in [6.07, 6.45) is 4.35. The van der Waals surface area contributed by atoms with Gasteiger partial charge in [-0.25, -0.2) is 4.39 Å². The number of benzene rings is 1. The van der Waals surface area contributed by atoms with Crippen LogP contribution >= 0.6 is 11.3 Å². The van der Waals surface area contributed by atoms with Crippen LogP contribution in [0.1, 0.15) is 59.8 Å². The predicted molar refractivity (Wildman–Crippen MR) is 119 cm³/mol. The Bertz CT molecular complexity index is 825. The molecular formula is C22H31FN4O2S. The fraction of sp³-hybridized carbons (Fsp3) is 0.545. The van der Waals surface area contributed by atoms with Crippen molar-refractivity contribution in [2.45, 2.75) is 65.8 Å². The Kier molecular flexibility index (Phi) is 9.36. The van der Waals surface area contributed by atoms with E-state index in [2.05, 4.69) is 27.8 Å². The zero-order valence-electron chi connectivity index (χ0n) is 18.1. The Labute approximate surface area is 181 Å². The SMILES string of the molecule is CCCCC(CC)C(=O)NC(C(=O)Nc1nnc(-c2ccc(F)cc2)s1)C(C)CC. The van der Waals surface area contributed by atoms with E-state index in [0.717, 1.165) is 37.7 Å². The van der Waals surface area contributed by atoms with E-state index >= 15 is 0 Å². The van der Waals surface area contributed by atoms with Crippen LogP contribution in [0.2, 0.25) is 0 Å². The lowest BCUT2D eigenvalue weighted by Crippen LogP contribution is -2.49. The maximum absolute atomic E-state index is 13.1. The molecule has 3 atom stereocenters. The minimum Gasteiger partial charge on any atom is -0.344 e. The number of nitrogens with zero attached hydrogens (tertiary/aromatic N) is 2. The number of aromatic nitrogens is 2. The van der Waals surface area contributed by atoms with Crippen molar-refractivity contribution < 1.29 is 14.0 Å². The number of hydrogen-bond donors (Lipinski definition) is 2. The van der Waals surface area contributed by atoms with Crippen molar-refractivity contribution in [1.82, 2.24) is 15.5 Å². The number of hydrogen-bond acceptors (Lipinski definition) is 5. The van der Waals surface area contributed by atoms with Gasteiger partial charge in [-0.05, 0) is 43.0 Å². The predicted octanol–water partition coefficient (Wildman–Crippen LogP) is 5.03. The van der Waals surface area contributed by atoms with Crippen LogP contribution < -0.4 is 10.6 Å². The molecule has 1 aromatic carbocycles. The number of nitrogens with one attached hydrogen (secondary N) is 2. The van der Waals surface area contributed by atoms with Gasteiger partial charge in [-0.2, -0.15) is 0 Å². The molecule has 30 heavy (non-hydrogen) atoms. The fourth-order valence-electron chi connectivity index (χ4n) is 3.11. The van der Waals surface area contributed by atoms with Crippen molar-refractivity contribution in [3.05, 3.63) is 30.1 Å². The van der Waals surface area contributed by atoms with Gasteiger partial charge < -0.3 is 5.32 Å². The van der Waals surface area contributed by atoms with Crippen LogP contribution in [0.4, 0.5) is 9.52 Å². The summed E-state index contributed by atoms with van der Waals surface area (Å²) < 4.78 is 13.1. The standard InChI is InChI=1S/C22H31FN4O2S/c1-5-8-9-15(7-3)19(28)24-18(14(4)6-2)20(29)25-22-27-26-21(30-22)16-10-12-17(23)13-11-16/h10-15,18H,5-9H2,1-4H3,(H,24,28)(H,25,27,29). The first-order chi connectivity index (χ1) is 14.4. The Hall–Kier alpha value is -2.35. The Morgan fingerprint density at radius 2 is 1.77 bits per heavy atom. The topological polar surface area (TPSA) is 84.0 Å². The summed E-state index contributed by atoms with van der Waals surface area (Å²) in [5.74, 6) is -0.813. The summed E-state index contributed by atoms with van der Waals surface area (Å²) in [4.78, 5) is 25.7. The molecule has 2 rings (SSSR count). The highest BCUT2D eigenvalue weighted by atomic mass is 32.1. The number of unbranched alkanes of at least 4 members (excludes halogenated alkanes) is 1. The third-order valence-electron chi connectivity index (χ3n) is 5.31. The highest BCUT2D eigenvalue weighted by Crippen LogP contribution is 2.27. The zero-order chi connectivity index (χ0) is 22.1. The molecule has 3 unspecified atom stereocenters. The lowest BCUT2D eigenvalue weighted by molar-refractivity contribution is -0.130. The molecule has 8 heteroatoms. The van der Waals surface area contributed by atoms with Crippen LogP contribution in [0.3, 0.4) is 0 Å². The molecule has 0 aliphatic rings. The Balaban J connectivity index is 2.08. The molecule has 0 fully saturated rings. The molecule has 0 radical (unpaired) electrons. The van der Waals surface area contributed by atoms with Crippen LogP contribution in [0.5, 0.6) is 0 Å². The van der Waals surface area contributed by atoms with Gasteiger partial charge in [0, 0.05) is 11.5 Å². The molecule has 2 aromatic rings. The van der Waals surface area contributed by atoms with E-state index in [1.807, 2.05) is 20.8 Å². The molecule has 0 spiro atoms. The Morgan fingerprint density at radius 1 is 1.07 bits per heavy atom. The molecule has 6 nitrogen and oxygen atoms in total. The van der Waals surface area contributed by atoms with E-state index in [1.165, 1.54) is 23.5 Å². The summed E-state index contributed by atoms with van der Waals surface area (Å²) in [5, 5.41) is 14.8. The normalized spacial score (nSPS) is 14.0. The maximum Gasteiger partial charge on any atom is 0.249 e. The molecule has 1 aromatic heterocycles. The quantitative estimate of drug-likeness (QED) is 0.519. The number of carbonyl (C=O) groups excluding carboxylic acids is 2. The lowest BCUT2D eigenvalue weighted by Gasteiger charge is -2.25. The second kappa shape index (κ2) is 11.7. The zero-order valence-corrected chi connectivity index (χ0v) is 18.9. The minimum atomic E-state index is -0.642. The molecule has 2 N–H and O–H groups in total. The first-order valence-electron chi connectivity index (χ1n) is 10.6. The van der Waals surface area contributed by atoms with Gasteiger partial charge in [0.1, 0.15) is 16.9 Å². The summed E-state index contributed by atoms with van der Waals surface area (Å²) in [6, 6.07) is 5.30. The van der Waals surface area contributed by atoms with Gasteiger partial charge in [0.15, 0.2) is 0 Å². The molecule has 0 aliphatic carbocycles. The first-order valence-corrected chi connectivity index (χ1v) is 11.4. The van der Waals surface area contributed by atoms with E-state index < -0.39 is 6.04 Å². The van der Waals surface area contributed by atoms with Crippen LogP contribution in [0.15, 0.2) is 24.3 Å². The van der Waals surface area contributed by atoms with E-state index in [-0.39, 0.29) is 29.5 Å². The monoisotopic (exact) mass is 434 g/mol. The van der Waals surface area contributed by atoms with Crippen molar-refractivity contribution in [2.75, 3.05) is 5.32 Å². The summed E-state index contributed by atoms with van der Waals surface area (Å²) in [6.45, 7) is 8.03. The number of amides is 2. The van der Waals surface area contributed by atoms with Crippen molar-refractivity contribution in [3.8, 4) is 10.6 Å². The molecule has 164 valence electrons. The summed E-state index contributed by atoms with van der Waals surface area (Å²) >= 11 is 1.21. The Morgan fingerprint density at radius 3 is 2.37 bits per heavy atom. The fourth-order valence-corrected chi connectivity index (χ4v) is 3.86. The maximum atomic E-state index is 13.1. The summed E-state index contributed by atoms with van der Waals surface area (Å²) in [5.41, 5.74) is 0.725. The molecule has 2 amide bonds. The highest BCUT2D eigenvalue weighted by molar-refractivity contribution is 7.18. The van der Waals surface area contributed by atoms with Gasteiger partial charge in [0.2, 0.25) is 16.9 Å². The van der Waals surface area contributed by atoms with Crippen molar-refractivity contribution in [3.63, 3.8) is 0 Å². The number of carbonyl (C=O) groups is 2. The van der Waals surface area contributed by atoms with Gasteiger partial charge in [-0.15, -0.1) is 10.2 Å². The molecule has 0 saturated carbocycles. The average molecular weight is 435 g/mol. The highest BCUT2D eigenvalue weighted by Gasteiger charge is 2.29. The van der Waals surface area contributed by atoms with Crippen LogP contribution in [-0.2, 0) is 9.59 Å².